The first-order chi connectivity index (χ1) is 16.4. The Kier molecular flexibility index (Phi) is 9.04. The van der Waals surface area contributed by atoms with Crippen molar-refractivity contribution in [3.05, 3.63) is 59.7 Å². The zero-order chi connectivity index (χ0) is 24.5. The molecule has 0 saturated carbocycles. The van der Waals surface area contributed by atoms with Crippen molar-refractivity contribution in [1.82, 2.24) is 10.6 Å². The van der Waals surface area contributed by atoms with Crippen molar-refractivity contribution >= 4 is 18.0 Å². The molecule has 2 amide bonds. The Morgan fingerprint density at radius 1 is 1.00 bits per heavy atom. The highest BCUT2D eigenvalue weighted by Gasteiger charge is 2.30. The van der Waals surface area contributed by atoms with Gasteiger partial charge in [0.25, 0.3) is 0 Å². The molecule has 0 saturated heterocycles. The minimum absolute atomic E-state index is 0.0659. The largest absolute Gasteiger partial charge is 0.481 e. The Morgan fingerprint density at radius 3 is 2.18 bits per heavy atom. The van der Waals surface area contributed by atoms with Gasteiger partial charge in [0, 0.05) is 19.1 Å². The van der Waals surface area contributed by atoms with Crippen molar-refractivity contribution in [1.29, 1.82) is 0 Å². The Labute approximate surface area is 199 Å². The van der Waals surface area contributed by atoms with E-state index in [1.807, 2.05) is 43.3 Å². The first kappa shape index (κ1) is 25.2. The summed E-state index contributed by atoms with van der Waals surface area (Å²) in [7, 11) is 1.42. The van der Waals surface area contributed by atoms with Gasteiger partial charge in [0.05, 0.1) is 13.0 Å². The lowest BCUT2D eigenvalue weighted by molar-refractivity contribution is -0.137. The van der Waals surface area contributed by atoms with Gasteiger partial charge in [-0.2, -0.15) is 0 Å². The number of carboxylic acids is 1. The first-order valence-electron chi connectivity index (χ1n) is 11.6. The number of rotatable bonds is 12. The number of hydrogen-bond donors (Lipinski definition) is 3. The van der Waals surface area contributed by atoms with E-state index in [2.05, 4.69) is 22.8 Å². The number of amides is 2. The van der Waals surface area contributed by atoms with E-state index in [0.29, 0.717) is 6.42 Å². The van der Waals surface area contributed by atoms with E-state index in [1.54, 1.807) is 0 Å². The topological polar surface area (TPSA) is 114 Å². The zero-order valence-electron chi connectivity index (χ0n) is 19.6. The summed E-state index contributed by atoms with van der Waals surface area (Å²) in [6.07, 6.45) is 1.29. The van der Waals surface area contributed by atoms with Gasteiger partial charge in [-0.1, -0.05) is 68.3 Å². The summed E-state index contributed by atoms with van der Waals surface area (Å²) < 4.78 is 10.6. The fourth-order valence-corrected chi connectivity index (χ4v) is 4.32. The number of ether oxygens (including phenoxy) is 2. The smallest absolute Gasteiger partial charge is 0.407 e. The maximum Gasteiger partial charge on any atom is 0.407 e. The van der Waals surface area contributed by atoms with Crippen molar-refractivity contribution in [3.63, 3.8) is 0 Å². The van der Waals surface area contributed by atoms with Crippen LogP contribution in [-0.2, 0) is 19.1 Å². The van der Waals surface area contributed by atoms with Gasteiger partial charge in [-0.15, -0.1) is 0 Å². The lowest BCUT2D eigenvalue weighted by Crippen LogP contribution is -2.52. The highest BCUT2D eigenvalue weighted by Crippen LogP contribution is 2.44. The van der Waals surface area contributed by atoms with Gasteiger partial charge in [0.15, 0.2) is 0 Å². The van der Waals surface area contributed by atoms with Gasteiger partial charge in [0.1, 0.15) is 12.6 Å². The molecule has 3 rings (SSSR count). The lowest BCUT2D eigenvalue weighted by Gasteiger charge is -2.22. The Bertz CT molecular complexity index is 963. The summed E-state index contributed by atoms with van der Waals surface area (Å²) in [6.45, 7) is 2.05. The van der Waals surface area contributed by atoms with Crippen LogP contribution in [0.1, 0.15) is 49.7 Å². The summed E-state index contributed by atoms with van der Waals surface area (Å²) in [5.74, 6) is -1.59. The van der Waals surface area contributed by atoms with Crippen LogP contribution in [0.3, 0.4) is 0 Å². The lowest BCUT2D eigenvalue weighted by atomic mass is 9.98. The molecule has 0 aliphatic heterocycles. The number of alkyl carbamates (subject to hydrolysis) is 1. The average Bonchev–Trinajstić information content (AvgIpc) is 3.14. The van der Waals surface area contributed by atoms with Gasteiger partial charge >= 0.3 is 12.1 Å². The second-order valence-electron chi connectivity index (χ2n) is 8.42. The summed E-state index contributed by atoms with van der Waals surface area (Å²) >= 11 is 0. The van der Waals surface area contributed by atoms with E-state index in [4.69, 9.17) is 14.6 Å². The number of aliphatic carboxylic acids is 1. The second-order valence-corrected chi connectivity index (χ2v) is 8.42. The van der Waals surface area contributed by atoms with Crippen LogP contribution in [0, 0.1) is 0 Å². The number of unbranched alkanes of at least 4 members (excludes halogenated alkanes) is 1. The molecule has 182 valence electrons. The predicted molar refractivity (Wildman–Crippen MR) is 128 cm³/mol. The molecule has 2 aromatic carbocycles. The molecule has 1 aliphatic rings. The number of hydrogen-bond acceptors (Lipinski definition) is 5. The molecular weight excluding hydrogens is 436 g/mol. The van der Waals surface area contributed by atoms with Crippen molar-refractivity contribution in [2.75, 3.05) is 20.3 Å². The third-order valence-electron chi connectivity index (χ3n) is 5.96. The van der Waals surface area contributed by atoms with Gasteiger partial charge in [-0.25, -0.2) is 4.79 Å². The zero-order valence-corrected chi connectivity index (χ0v) is 19.6. The SMILES string of the molecule is CCCC[C@H](CC(=O)O)NC(=O)[C@H](COC)NC(=O)OCC1c2ccccc2-c2ccccc21. The number of carbonyl (C=O) groups is 3. The number of methoxy groups -OCH3 is 1. The molecule has 8 nitrogen and oxygen atoms in total. The van der Waals surface area contributed by atoms with E-state index >= 15 is 0 Å². The molecule has 1 aliphatic carbocycles. The first-order valence-corrected chi connectivity index (χ1v) is 11.6. The Balaban J connectivity index is 1.62. The molecule has 0 spiro atoms. The van der Waals surface area contributed by atoms with Crippen LogP contribution in [-0.4, -0.2) is 55.5 Å². The summed E-state index contributed by atoms with van der Waals surface area (Å²) in [5, 5.41) is 14.4. The van der Waals surface area contributed by atoms with Crippen LogP contribution in [0.5, 0.6) is 0 Å². The third-order valence-corrected chi connectivity index (χ3v) is 5.96. The van der Waals surface area contributed by atoms with Crippen LogP contribution < -0.4 is 10.6 Å². The van der Waals surface area contributed by atoms with Crippen LogP contribution in [0.15, 0.2) is 48.5 Å². The minimum Gasteiger partial charge on any atom is -0.481 e. The number of fused-ring (bicyclic) bond motifs is 3. The van der Waals surface area contributed by atoms with Crippen LogP contribution in [0.2, 0.25) is 0 Å². The molecular formula is C26H32N2O6. The monoisotopic (exact) mass is 468 g/mol. The Hall–Kier alpha value is -3.39. The molecule has 34 heavy (non-hydrogen) atoms. The Morgan fingerprint density at radius 2 is 1.62 bits per heavy atom. The molecule has 0 aromatic heterocycles. The number of nitrogens with one attached hydrogen (secondary N) is 2. The molecule has 8 heteroatoms. The standard InChI is InChI=1S/C26H32N2O6/c1-3-4-9-17(14-24(29)30)27-25(31)23(16-33-2)28-26(32)34-15-22-20-12-7-5-10-18(20)19-11-6-8-13-21(19)22/h5-8,10-13,17,22-23H,3-4,9,14-16H2,1-2H3,(H,27,31)(H,28,32)(H,29,30)/t17-,23+/m1/s1. The molecule has 2 atom stereocenters. The molecule has 3 N–H and O–H groups in total. The number of carbonyl (C=O) groups excluding carboxylic acids is 2. The maximum absolute atomic E-state index is 12.8. The van der Waals surface area contributed by atoms with Crippen LogP contribution in [0.25, 0.3) is 11.1 Å². The summed E-state index contributed by atoms with van der Waals surface area (Å²) in [5.41, 5.74) is 4.44. The highest BCUT2D eigenvalue weighted by atomic mass is 16.5. The van der Waals surface area contributed by atoms with Crippen molar-refractivity contribution in [2.45, 2.75) is 50.6 Å². The van der Waals surface area contributed by atoms with E-state index in [-0.39, 0.29) is 25.6 Å². The van der Waals surface area contributed by atoms with Crippen molar-refractivity contribution in [2.24, 2.45) is 0 Å². The van der Waals surface area contributed by atoms with Crippen LogP contribution >= 0.6 is 0 Å². The van der Waals surface area contributed by atoms with Gasteiger partial charge < -0.3 is 25.2 Å². The summed E-state index contributed by atoms with van der Waals surface area (Å²) in [4.78, 5) is 36.5. The molecule has 0 unspecified atom stereocenters. The average molecular weight is 469 g/mol. The van der Waals surface area contributed by atoms with E-state index < -0.39 is 30.1 Å². The molecule has 0 radical (unpaired) electrons. The molecule has 0 fully saturated rings. The summed E-state index contributed by atoms with van der Waals surface area (Å²) in [6, 6.07) is 14.5. The quantitative estimate of drug-likeness (QED) is 0.438. The van der Waals surface area contributed by atoms with E-state index in [9.17, 15) is 14.4 Å². The van der Waals surface area contributed by atoms with Crippen LogP contribution in [0.4, 0.5) is 4.79 Å². The maximum atomic E-state index is 12.8. The minimum atomic E-state index is -1.00. The van der Waals surface area contributed by atoms with Gasteiger partial charge in [-0.05, 0) is 28.7 Å². The fourth-order valence-electron chi connectivity index (χ4n) is 4.32. The number of carboxylic acid groups (broad SMARTS) is 1. The fraction of sp³-hybridized carbons (Fsp3) is 0.423. The highest BCUT2D eigenvalue weighted by molar-refractivity contribution is 5.86. The normalized spacial score (nSPS) is 13.9. The van der Waals surface area contributed by atoms with Gasteiger partial charge in [-0.3, -0.25) is 9.59 Å². The second kappa shape index (κ2) is 12.2. The van der Waals surface area contributed by atoms with E-state index in [0.717, 1.165) is 35.1 Å². The molecule has 0 bridgehead atoms. The number of benzene rings is 2. The van der Waals surface area contributed by atoms with E-state index in [1.165, 1.54) is 7.11 Å². The predicted octanol–water partition coefficient (Wildman–Crippen LogP) is 3.69. The molecule has 0 heterocycles. The third kappa shape index (κ3) is 6.35. The van der Waals surface area contributed by atoms with Crippen molar-refractivity contribution < 1.29 is 29.0 Å². The van der Waals surface area contributed by atoms with Gasteiger partial charge in [0.2, 0.25) is 5.91 Å². The molecule has 2 aromatic rings. The van der Waals surface area contributed by atoms with Crippen molar-refractivity contribution in [3.8, 4) is 11.1 Å².